The maximum absolute atomic E-state index is 13.0. The van der Waals surface area contributed by atoms with Crippen molar-refractivity contribution in [3.63, 3.8) is 0 Å². The first-order chi connectivity index (χ1) is 39.9. The first-order valence-electron chi connectivity index (χ1n) is 28.9. The fourth-order valence-electron chi connectivity index (χ4n) is 12.4. The second kappa shape index (κ2) is 22.9. The Morgan fingerprint density at radius 3 is 1.38 bits per heavy atom. The lowest BCUT2D eigenvalue weighted by Gasteiger charge is -2.31. The normalized spacial score (nSPS) is 31.2. The van der Waals surface area contributed by atoms with Crippen LogP contribution in [0.2, 0.25) is 0 Å². The Labute approximate surface area is 470 Å². The van der Waals surface area contributed by atoms with Crippen molar-refractivity contribution in [2.75, 3.05) is 72.8 Å². The van der Waals surface area contributed by atoms with Gasteiger partial charge in [0.15, 0.2) is 57.9 Å². The van der Waals surface area contributed by atoms with Crippen molar-refractivity contribution in [1.82, 2.24) is 81.3 Å². The maximum atomic E-state index is 13.0. The van der Waals surface area contributed by atoms with E-state index >= 15 is 0 Å². The predicted octanol–water partition coefficient (Wildman–Crippen LogP) is 0.365. The summed E-state index contributed by atoms with van der Waals surface area (Å²) in [6.07, 6.45) is 0.719. The van der Waals surface area contributed by atoms with Crippen LogP contribution in [-0.4, -0.2) is 195 Å². The predicted molar refractivity (Wildman–Crippen MR) is 293 cm³/mol. The van der Waals surface area contributed by atoms with E-state index in [1.165, 1.54) is 12.7 Å². The lowest BCUT2D eigenvalue weighted by Crippen LogP contribution is -2.47. The molecule has 6 aromatic rings. The SMILES string of the molecule is CCc1cc([C@H]2O[C@@H](n3cnc4c(NC5CCC(Nc6nc(N7CC[C@@H](NC(=O)N[C@@H]8CCNC8)C7)nc7c6ncn7[C@@H]6O[C@H](c7cc(CC)no7)[C@@H](O)[C@H]6O)CC5)nc(N5CC[C@@H](NC(=O)N[C@@H]6CCNC6)C5)nc43)[C@H](O)[C@@H]2O)on1. The number of nitrogens with zero attached hydrogens (tertiary/aromatic N) is 12. The van der Waals surface area contributed by atoms with Gasteiger partial charge in [-0.2, -0.15) is 19.9 Å². The molecule has 0 bridgehead atoms. The second-order valence-corrected chi connectivity index (χ2v) is 22.7. The Bertz CT molecular complexity index is 3020. The molecule has 82 heavy (non-hydrogen) atoms. The lowest BCUT2D eigenvalue weighted by molar-refractivity contribution is -0.0434. The number of amides is 4. The number of hydrogen-bond acceptors (Lipinski definition) is 24. The van der Waals surface area contributed by atoms with E-state index in [2.05, 4.69) is 52.8 Å². The zero-order valence-corrected chi connectivity index (χ0v) is 45.7. The van der Waals surface area contributed by atoms with E-state index in [0.717, 1.165) is 39.0 Å². The molecule has 13 rings (SSSR count). The summed E-state index contributed by atoms with van der Waals surface area (Å²) in [4.78, 5) is 59.9. The third kappa shape index (κ3) is 10.8. The zero-order chi connectivity index (χ0) is 56.2. The molecule has 30 nitrogen and oxygen atoms in total. The average Bonchev–Trinajstić information content (AvgIpc) is 4.37. The van der Waals surface area contributed by atoms with Crippen LogP contribution in [0.3, 0.4) is 0 Å². The van der Waals surface area contributed by atoms with E-state index in [4.69, 9.17) is 48.4 Å². The molecule has 0 spiro atoms. The highest BCUT2D eigenvalue weighted by molar-refractivity contribution is 5.86. The lowest BCUT2D eigenvalue weighted by atomic mass is 9.91. The van der Waals surface area contributed by atoms with Crippen molar-refractivity contribution < 1.29 is 48.5 Å². The Hall–Kier alpha value is -7.06. The number of carbonyl (C=O) groups excluding carboxylic acids is 2. The van der Waals surface area contributed by atoms with Gasteiger partial charge in [0.05, 0.1) is 24.0 Å². The topological polar surface area (TPSA) is 375 Å². The van der Waals surface area contributed by atoms with Crippen LogP contribution in [0, 0.1) is 0 Å². The summed E-state index contributed by atoms with van der Waals surface area (Å²) in [6, 6.07) is 2.73. The van der Waals surface area contributed by atoms with Gasteiger partial charge in [0.2, 0.25) is 11.9 Å². The summed E-state index contributed by atoms with van der Waals surface area (Å²) < 4.78 is 27.0. The van der Waals surface area contributed by atoms with Crippen molar-refractivity contribution >= 4 is 57.9 Å². The highest BCUT2D eigenvalue weighted by Gasteiger charge is 2.49. The first-order valence-corrected chi connectivity index (χ1v) is 28.9. The van der Waals surface area contributed by atoms with Gasteiger partial charge in [-0.3, -0.25) is 9.13 Å². The highest BCUT2D eigenvalue weighted by atomic mass is 16.6. The molecule has 1 aliphatic carbocycles. The van der Waals surface area contributed by atoms with Gasteiger partial charge in [-0.05, 0) is 77.3 Å². The Morgan fingerprint density at radius 1 is 0.561 bits per heavy atom. The number of hydrogen-bond donors (Lipinski definition) is 12. The van der Waals surface area contributed by atoms with Crippen LogP contribution in [0.15, 0.2) is 33.8 Å². The van der Waals surface area contributed by atoms with Gasteiger partial charge in [0.25, 0.3) is 0 Å². The molecular weight excluding hydrogens is 1060 g/mol. The number of rotatable bonds is 16. The molecule has 12 N–H and O–H groups in total. The van der Waals surface area contributed by atoms with Crippen molar-refractivity contribution in [2.24, 2.45) is 0 Å². The molecule has 6 aliphatic heterocycles. The standard InChI is InChI=1S/C52H72N20O10/c1-3-25-17-33(81-67-25)41-37(73)39(75)47(79-41)71-23-55-35-43(63-49(65-45(35)71)69-15-11-31(21-69)61-51(77)59-29-9-13-53-19-29)57-27-5-7-28(8-6-27)58-44-36-46(66-50(64-44)70-16-12-32(22-70)62-52(78)60-30-10-14-54-20-30)72(24-56-36)48-40(76)38(74)42(80-48)34-18-26(4-2)68-82-34/h17-18,23-24,27-32,37-42,47-48,53-54,73-76H,3-16,19-22H2,1-2H3,(H,57,63,65)(H,58,64,66)(H2,59,61,77)(H2,60,62,78)/t27?,28?,29-,30-,31-,32-,37+,38+,39-,40-,41-,42-,47-,48-/m1/s1. The van der Waals surface area contributed by atoms with Crippen molar-refractivity contribution in [1.29, 1.82) is 0 Å². The number of ether oxygens (including phenoxy) is 2. The van der Waals surface area contributed by atoms with Gasteiger partial charge in [0, 0.05) is 87.7 Å². The average molecular weight is 1140 g/mol. The number of urea groups is 2. The number of anilines is 4. The van der Waals surface area contributed by atoms with Crippen molar-refractivity contribution in [3.05, 3.63) is 47.7 Å². The third-order valence-corrected chi connectivity index (χ3v) is 17.1. The van der Waals surface area contributed by atoms with E-state index in [1.54, 1.807) is 21.3 Å². The molecule has 12 atom stereocenters. The maximum Gasteiger partial charge on any atom is 0.315 e. The monoisotopic (exact) mass is 1140 g/mol. The smallest absolute Gasteiger partial charge is 0.315 e. The van der Waals surface area contributed by atoms with Gasteiger partial charge in [-0.1, -0.05) is 24.2 Å². The molecular formula is C52H72N20O10. The molecule has 6 saturated heterocycles. The van der Waals surface area contributed by atoms with Crippen LogP contribution in [-0.2, 0) is 22.3 Å². The molecule has 7 aliphatic rings. The van der Waals surface area contributed by atoms with E-state index in [0.29, 0.717) is 146 Å². The Balaban J connectivity index is 0.742. The van der Waals surface area contributed by atoms with Crippen LogP contribution < -0.4 is 52.3 Å². The fraction of sp³-hybridized carbons (Fsp3) is 0.654. The largest absolute Gasteiger partial charge is 0.387 e. The van der Waals surface area contributed by atoms with Gasteiger partial charge in [-0.25, -0.2) is 19.6 Å². The van der Waals surface area contributed by atoms with Crippen molar-refractivity contribution in [2.45, 2.75) is 163 Å². The number of aliphatic hydroxyl groups is 4. The number of nitrogens with one attached hydrogen (secondary N) is 8. The molecule has 30 heteroatoms. The molecule has 6 aromatic heterocycles. The Morgan fingerprint density at radius 2 is 0.988 bits per heavy atom. The van der Waals surface area contributed by atoms with Crippen LogP contribution in [0.25, 0.3) is 22.3 Å². The molecule has 440 valence electrons. The minimum absolute atomic E-state index is 0.0517. The molecule has 0 radical (unpaired) electrons. The summed E-state index contributed by atoms with van der Waals surface area (Å²) in [5, 5.41) is 80.1. The summed E-state index contributed by atoms with van der Waals surface area (Å²) in [5.74, 6) is 2.39. The van der Waals surface area contributed by atoms with Crippen LogP contribution in [0.5, 0.6) is 0 Å². The minimum Gasteiger partial charge on any atom is -0.387 e. The van der Waals surface area contributed by atoms with Crippen LogP contribution in [0.1, 0.15) is 113 Å². The van der Waals surface area contributed by atoms with E-state index in [-0.39, 0.29) is 48.3 Å². The van der Waals surface area contributed by atoms with E-state index < -0.39 is 49.1 Å². The molecule has 12 heterocycles. The Kier molecular flexibility index (Phi) is 15.2. The highest BCUT2D eigenvalue weighted by Crippen LogP contribution is 2.43. The quantitative estimate of drug-likeness (QED) is 0.0623. The van der Waals surface area contributed by atoms with Crippen LogP contribution in [0.4, 0.5) is 33.1 Å². The third-order valence-electron chi connectivity index (χ3n) is 17.1. The van der Waals surface area contributed by atoms with Gasteiger partial charge in [-0.15, -0.1) is 0 Å². The van der Waals surface area contributed by atoms with Crippen molar-refractivity contribution in [3.8, 4) is 0 Å². The molecule has 7 fully saturated rings. The number of aliphatic hydroxyl groups excluding tert-OH is 4. The molecule has 0 aromatic carbocycles. The summed E-state index contributed by atoms with van der Waals surface area (Å²) >= 11 is 0. The molecule has 1 saturated carbocycles. The number of imidazole rings is 2. The number of aromatic nitrogens is 10. The minimum atomic E-state index is -1.37. The molecule has 4 amide bonds. The van der Waals surface area contributed by atoms with Gasteiger partial charge < -0.3 is 91.3 Å². The molecule has 0 unspecified atom stereocenters. The summed E-state index contributed by atoms with van der Waals surface area (Å²) in [5.41, 5.74) is 3.04. The van der Waals surface area contributed by atoms with E-state index in [9.17, 15) is 30.0 Å². The van der Waals surface area contributed by atoms with E-state index in [1.807, 2.05) is 23.6 Å². The fourth-order valence-corrected chi connectivity index (χ4v) is 12.4. The van der Waals surface area contributed by atoms with Crippen LogP contribution >= 0.6 is 0 Å². The number of carbonyl (C=O) groups is 2. The van der Waals surface area contributed by atoms with Gasteiger partial charge >= 0.3 is 12.1 Å². The summed E-state index contributed by atoms with van der Waals surface area (Å²) in [7, 11) is 0. The number of aryl methyl sites for hydroxylation is 2. The first kappa shape index (κ1) is 54.2. The zero-order valence-electron chi connectivity index (χ0n) is 45.7. The second-order valence-electron chi connectivity index (χ2n) is 22.7. The number of fused-ring (bicyclic) bond motifs is 2. The summed E-state index contributed by atoms with van der Waals surface area (Å²) in [6.45, 7) is 9.13. The van der Waals surface area contributed by atoms with Gasteiger partial charge in [0.1, 0.15) is 36.6 Å².